The van der Waals surface area contributed by atoms with Crippen LogP contribution in [0, 0.1) is 6.92 Å². The van der Waals surface area contributed by atoms with Gasteiger partial charge in [-0.25, -0.2) is 0 Å². The highest BCUT2D eigenvalue weighted by Crippen LogP contribution is 2.29. The van der Waals surface area contributed by atoms with Gasteiger partial charge in [-0.1, -0.05) is 32.9 Å². The summed E-state index contributed by atoms with van der Waals surface area (Å²) in [5, 5.41) is 15.3. The number of aromatic nitrogens is 5. The highest BCUT2D eigenvalue weighted by Gasteiger charge is 2.15. The van der Waals surface area contributed by atoms with Crippen molar-refractivity contribution in [2.75, 3.05) is 0 Å². The summed E-state index contributed by atoms with van der Waals surface area (Å²) in [6, 6.07) is 9.72. The third kappa shape index (κ3) is 2.69. The van der Waals surface area contributed by atoms with Crippen LogP contribution in [0.2, 0.25) is 0 Å². The molecule has 21 heavy (non-hydrogen) atoms. The average molecular weight is 283 g/mol. The van der Waals surface area contributed by atoms with Crippen LogP contribution in [0.3, 0.4) is 0 Å². The second-order valence-corrected chi connectivity index (χ2v) is 6.03. The van der Waals surface area contributed by atoms with Crippen LogP contribution >= 0.6 is 0 Å². The second-order valence-electron chi connectivity index (χ2n) is 6.03. The predicted molar refractivity (Wildman–Crippen MR) is 78.5 cm³/mol. The molecule has 0 radical (unpaired) electrons. The quantitative estimate of drug-likeness (QED) is 0.723. The molecule has 0 amide bonds. The van der Waals surface area contributed by atoms with Crippen molar-refractivity contribution in [3.05, 3.63) is 41.5 Å². The normalized spacial score (nSPS) is 11.8. The zero-order valence-corrected chi connectivity index (χ0v) is 12.5. The molecule has 2 aromatic heterocycles. The van der Waals surface area contributed by atoms with Gasteiger partial charge < -0.3 is 4.74 Å². The van der Waals surface area contributed by atoms with Crippen molar-refractivity contribution in [3.8, 4) is 11.6 Å². The molecular formula is C15H17N5O. The minimum atomic E-state index is 0.118. The van der Waals surface area contributed by atoms with E-state index in [1.54, 1.807) is 12.1 Å². The Morgan fingerprint density at radius 3 is 2.62 bits per heavy atom. The van der Waals surface area contributed by atoms with Gasteiger partial charge >= 0.3 is 0 Å². The van der Waals surface area contributed by atoms with E-state index in [1.807, 2.05) is 13.0 Å². The average Bonchev–Trinajstić information content (AvgIpc) is 2.87. The molecule has 6 nitrogen and oxygen atoms in total. The summed E-state index contributed by atoms with van der Waals surface area (Å²) in [7, 11) is 0. The maximum absolute atomic E-state index is 5.83. The fraction of sp³-hybridized carbons (Fsp3) is 0.333. The van der Waals surface area contributed by atoms with E-state index in [2.05, 4.69) is 53.5 Å². The van der Waals surface area contributed by atoms with Crippen LogP contribution in [0.25, 0.3) is 5.65 Å². The highest BCUT2D eigenvalue weighted by atomic mass is 16.5. The Hall–Kier alpha value is -2.50. The van der Waals surface area contributed by atoms with Gasteiger partial charge in [0.05, 0.1) is 0 Å². The number of hydrogen-bond acceptors (Lipinski definition) is 5. The summed E-state index contributed by atoms with van der Waals surface area (Å²) in [5.74, 6) is 1.24. The smallest absolute Gasteiger partial charge is 0.239 e. The lowest BCUT2D eigenvalue weighted by Crippen LogP contribution is -2.11. The van der Waals surface area contributed by atoms with Gasteiger partial charge in [0.1, 0.15) is 5.75 Å². The number of aryl methyl sites for hydroxylation is 1. The third-order valence-corrected chi connectivity index (χ3v) is 3.30. The molecule has 0 aliphatic carbocycles. The molecule has 3 rings (SSSR count). The standard InChI is InChI=1S/C15H17N5O/c1-10-9-11(15(2,3)4)5-6-12(10)21-14-8-7-13-16-18-19-20(13)17-14/h5-9H,1-4H3. The van der Waals surface area contributed by atoms with Gasteiger partial charge in [-0.3, -0.25) is 0 Å². The number of ether oxygens (including phenoxy) is 1. The van der Waals surface area contributed by atoms with Gasteiger partial charge in [-0.15, -0.1) is 14.8 Å². The van der Waals surface area contributed by atoms with Crippen LogP contribution < -0.4 is 4.74 Å². The summed E-state index contributed by atoms with van der Waals surface area (Å²) in [6.07, 6.45) is 0. The van der Waals surface area contributed by atoms with E-state index in [-0.39, 0.29) is 5.41 Å². The molecule has 0 aliphatic heterocycles. The topological polar surface area (TPSA) is 65.2 Å². The van der Waals surface area contributed by atoms with E-state index in [9.17, 15) is 0 Å². The molecule has 0 saturated heterocycles. The number of tetrazole rings is 1. The molecule has 108 valence electrons. The Labute approximate surface area is 122 Å². The summed E-state index contributed by atoms with van der Waals surface area (Å²) in [4.78, 5) is 0. The van der Waals surface area contributed by atoms with Gasteiger partial charge in [0.2, 0.25) is 5.88 Å². The van der Waals surface area contributed by atoms with Crippen molar-refractivity contribution < 1.29 is 4.74 Å². The largest absolute Gasteiger partial charge is 0.437 e. The molecule has 0 atom stereocenters. The maximum Gasteiger partial charge on any atom is 0.239 e. The first kappa shape index (κ1) is 13.5. The Bertz CT molecular complexity index is 788. The minimum Gasteiger partial charge on any atom is -0.437 e. The summed E-state index contributed by atoms with van der Waals surface area (Å²) < 4.78 is 7.17. The number of fused-ring (bicyclic) bond motifs is 1. The van der Waals surface area contributed by atoms with Crippen molar-refractivity contribution in [2.45, 2.75) is 33.1 Å². The van der Waals surface area contributed by atoms with Crippen LogP contribution in [-0.2, 0) is 5.41 Å². The maximum atomic E-state index is 5.83. The molecule has 0 bridgehead atoms. The molecule has 1 aromatic carbocycles. The SMILES string of the molecule is Cc1cc(C(C)(C)C)ccc1Oc1ccc2nnnn2n1. The molecule has 0 unspecified atom stereocenters. The van der Waals surface area contributed by atoms with E-state index in [0.717, 1.165) is 11.3 Å². The van der Waals surface area contributed by atoms with Crippen molar-refractivity contribution in [2.24, 2.45) is 0 Å². The van der Waals surface area contributed by atoms with Crippen LogP contribution in [-0.4, -0.2) is 25.3 Å². The van der Waals surface area contributed by atoms with E-state index in [4.69, 9.17) is 4.74 Å². The van der Waals surface area contributed by atoms with Crippen LogP contribution in [0.15, 0.2) is 30.3 Å². The fourth-order valence-corrected chi connectivity index (χ4v) is 2.03. The van der Waals surface area contributed by atoms with Crippen LogP contribution in [0.1, 0.15) is 31.9 Å². The third-order valence-electron chi connectivity index (χ3n) is 3.30. The van der Waals surface area contributed by atoms with Gasteiger partial charge in [0.15, 0.2) is 5.65 Å². The van der Waals surface area contributed by atoms with E-state index >= 15 is 0 Å². The van der Waals surface area contributed by atoms with Gasteiger partial charge in [0, 0.05) is 6.07 Å². The lowest BCUT2D eigenvalue weighted by molar-refractivity contribution is 0.443. The van der Waals surface area contributed by atoms with Crippen molar-refractivity contribution >= 4 is 5.65 Å². The van der Waals surface area contributed by atoms with E-state index in [0.29, 0.717) is 11.5 Å². The molecular weight excluding hydrogens is 266 g/mol. The Balaban J connectivity index is 1.90. The van der Waals surface area contributed by atoms with Gasteiger partial charge in [-0.2, -0.15) is 0 Å². The summed E-state index contributed by atoms with van der Waals surface area (Å²) in [6.45, 7) is 8.60. The van der Waals surface area contributed by atoms with Crippen LogP contribution in [0.5, 0.6) is 11.6 Å². The Morgan fingerprint density at radius 2 is 1.90 bits per heavy atom. The molecule has 0 N–H and O–H groups in total. The van der Waals surface area contributed by atoms with Gasteiger partial charge in [0.25, 0.3) is 0 Å². The molecule has 2 heterocycles. The molecule has 6 heteroatoms. The lowest BCUT2D eigenvalue weighted by Gasteiger charge is -2.20. The first-order valence-electron chi connectivity index (χ1n) is 6.78. The second kappa shape index (κ2) is 4.80. The lowest BCUT2D eigenvalue weighted by atomic mass is 9.86. The summed E-state index contributed by atoms with van der Waals surface area (Å²) in [5.41, 5.74) is 3.05. The van der Waals surface area contributed by atoms with E-state index < -0.39 is 0 Å². The first-order valence-corrected chi connectivity index (χ1v) is 6.78. The molecule has 0 saturated carbocycles. The highest BCUT2D eigenvalue weighted by molar-refractivity contribution is 5.41. The fourth-order valence-electron chi connectivity index (χ4n) is 2.03. The van der Waals surface area contributed by atoms with Crippen molar-refractivity contribution in [1.29, 1.82) is 0 Å². The number of nitrogens with zero attached hydrogens (tertiary/aromatic N) is 5. The van der Waals surface area contributed by atoms with Crippen molar-refractivity contribution in [1.82, 2.24) is 25.3 Å². The Kier molecular flexibility index (Phi) is 3.08. The molecule has 3 aromatic rings. The first-order chi connectivity index (χ1) is 9.93. The zero-order valence-electron chi connectivity index (χ0n) is 12.5. The monoisotopic (exact) mass is 283 g/mol. The zero-order chi connectivity index (χ0) is 15.0. The predicted octanol–water partition coefficient (Wildman–Crippen LogP) is 2.92. The molecule has 0 aliphatic rings. The number of hydrogen-bond donors (Lipinski definition) is 0. The summed E-state index contributed by atoms with van der Waals surface area (Å²) >= 11 is 0. The molecule has 0 fully saturated rings. The number of benzene rings is 1. The van der Waals surface area contributed by atoms with Crippen LogP contribution in [0.4, 0.5) is 0 Å². The van der Waals surface area contributed by atoms with E-state index in [1.165, 1.54) is 10.2 Å². The van der Waals surface area contributed by atoms with Gasteiger partial charge in [-0.05, 0) is 46.0 Å². The number of rotatable bonds is 2. The Morgan fingerprint density at radius 1 is 1.10 bits per heavy atom. The van der Waals surface area contributed by atoms with Crippen molar-refractivity contribution in [3.63, 3.8) is 0 Å². The minimum absolute atomic E-state index is 0.118. The molecule has 0 spiro atoms.